The molecule has 1 unspecified atom stereocenters. The first-order valence-corrected chi connectivity index (χ1v) is 10.0. The van der Waals surface area contributed by atoms with Gasteiger partial charge in [-0.05, 0) is 71.2 Å². The van der Waals surface area contributed by atoms with Crippen LogP contribution in [-0.2, 0) is 9.53 Å². The molecule has 0 saturated carbocycles. The fourth-order valence-electron chi connectivity index (χ4n) is 3.17. The van der Waals surface area contributed by atoms with Crippen molar-refractivity contribution in [2.24, 2.45) is 0 Å². The largest absolute Gasteiger partial charge is 0.481 e. The van der Waals surface area contributed by atoms with Gasteiger partial charge in [-0.1, -0.05) is 11.6 Å². The number of benzene rings is 1. The Bertz CT molecular complexity index is 709. The van der Waals surface area contributed by atoms with Crippen molar-refractivity contribution in [2.75, 3.05) is 20.1 Å². The van der Waals surface area contributed by atoms with Crippen molar-refractivity contribution in [3.05, 3.63) is 28.8 Å². The maximum Gasteiger partial charge on any atom is 0.410 e. The highest BCUT2D eigenvalue weighted by Crippen LogP contribution is 2.23. The second-order valence-corrected chi connectivity index (χ2v) is 8.73. The quantitative estimate of drug-likeness (QED) is 0.743. The van der Waals surface area contributed by atoms with Crippen LogP contribution in [0.5, 0.6) is 5.75 Å². The van der Waals surface area contributed by atoms with Crippen LogP contribution in [0.1, 0.15) is 46.1 Å². The molecule has 1 aliphatic heterocycles. The average molecular weight is 411 g/mol. The number of piperidine rings is 1. The van der Waals surface area contributed by atoms with Crippen molar-refractivity contribution in [3.63, 3.8) is 0 Å². The number of nitrogens with zero attached hydrogens (tertiary/aromatic N) is 2. The normalized spacial score (nSPS) is 16.5. The number of halogens is 1. The van der Waals surface area contributed by atoms with Crippen molar-refractivity contribution in [3.8, 4) is 5.75 Å². The lowest BCUT2D eigenvalue weighted by Crippen LogP contribution is -2.50. The molecule has 0 bridgehead atoms. The molecule has 7 heteroatoms. The summed E-state index contributed by atoms with van der Waals surface area (Å²) in [4.78, 5) is 28.4. The molecule has 1 aromatic carbocycles. The van der Waals surface area contributed by atoms with Gasteiger partial charge in [0.2, 0.25) is 0 Å². The minimum Gasteiger partial charge on any atom is -0.481 e. The minimum absolute atomic E-state index is 0.0733. The van der Waals surface area contributed by atoms with Crippen LogP contribution in [0, 0.1) is 6.92 Å². The Labute approximate surface area is 172 Å². The summed E-state index contributed by atoms with van der Waals surface area (Å²) in [6, 6.07) is 5.42. The van der Waals surface area contributed by atoms with Crippen molar-refractivity contribution >= 4 is 23.6 Å². The fraction of sp³-hybridized carbons (Fsp3) is 0.619. The molecule has 1 heterocycles. The zero-order valence-corrected chi connectivity index (χ0v) is 18.4. The number of rotatable bonds is 4. The fourth-order valence-corrected chi connectivity index (χ4v) is 3.29. The van der Waals surface area contributed by atoms with Crippen molar-refractivity contribution in [1.82, 2.24) is 9.80 Å². The molecule has 0 radical (unpaired) electrons. The molecule has 1 aliphatic rings. The Morgan fingerprint density at radius 3 is 2.39 bits per heavy atom. The summed E-state index contributed by atoms with van der Waals surface area (Å²) in [5.74, 6) is 0.541. The van der Waals surface area contributed by atoms with Crippen molar-refractivity contribution < 1.29 is 19.1 Å². The van der Waals surface area contributed by atoms with Gasteiger partial charge < -0.3 is 19.3 Å². The third-order valence-electron chi connectivity index (χ3n) is 4.80. The first-order chi connectivity index (χ1) is 13.0. The maximum atomic E-state index is 12.8. The highest BCUT2D eigenvalue weighted by molar-refractivity contribution is 6.31. The van der Waals surface area contributed by atoms with E-state index in [0.29, 0.717) is 36.7 Å². The summed E-state index contributed by atoms with van der Waals surface area (Å²) in [6.07, 6.45) is 0.534. The zero-order chi connectivity index (χ0) is 21.1. The van der Waals surface area contributed by atoms with Crippen LogP contribution in [0.15, 0.2) is 18.2 Å². The van der Waals surface area contributed by atoms with Gasteiger partial charge in [0.15, 0.2) is 6.10 Å². The van der Waals surface area contributed by atoms with E-state index in [9.17, 15) is 9.59 Å². The molecular formula is C21H31ClN2O4. The predicted octanol–water partition coefficient (Wildman–Crippen LogP) is 4.27. The average Bonchev–Trinajstić information content (AvgIpc) is 2.62. The Hall–Kier alpha value is -1.95. The van der Waals surface area contributed by atoms with Crippen LogP contribution in [-0.4, -0.2) is 59.7 Å². The number of amides is 2. The first-order valence-electron chi connectivity index (χ1n) is 9.65. The van der Waals surface area contributed by atoms with Gasteiger partial charge in [0.05, 0.1) is 0 Å². The summed E-state index contributed by atoms with van der Waals surface area (Å²) in [5.41, 5.74) is 0.398. The Balaban J connectivity index is 1.88. The van der Waals surface area contributed by atoms with E-state index in [2.05, 4.69) is 0 Å². The molecule has 0 aromatic heterocycles. The third kappa shape index (κ3) is 6.03. The highest BCUT2D eigenvalue weighted by atomic mass is 35.5. The van der Waals surface area contributed by atoms with Gasteiger partial charge in [0, 0.05) is 31.2 Å². The van der Waals surface area contributed by atoms with Gasteiger partial charge in [-0.3, -0.25) is 4.79 Å². The molecular weight excluding hydrogens is 380 g/mol. The van der Waals surface area contributed by atoms with Gasteiger partial charge >= 0.3 is 6.09 Å². The number of hydrogen-bond donors (Lipinski definition) is 0. The molecule has 0 N–H and O–H groups in total. The van der Waals surface area contributed by atoms with Crippen LogP contribution in [0.2, 0.25) is 5.02 Å². The maximum absolute atomic E-state index is 12.8. The van der Waals surface area contributed by atoms with Gasteiger partial charge in [0.25, 0.3) is 5.91 Å². The van der Waals surface area contributed by atoms with Gasteiger partial charge in [0.1, 0.15) is 11.4 Å². The Morgan fingerprint density at radius 2 is 1.86 bits per heavy atom. The van der Waals surface area contributed by atoms with E-state index >= 15 is 0 Å². The topological polar surface area (TPSA) is 59.1 Å². The second-order valence-electron chi connectivity index (χ2n) is 8.32. The van der Waals surface area contributed by atoms with Crippen LogP contribution in [0.25, 0.3) is 0 Å². The SMILES string of the molecule is Cc1cc(OC(C)C(=O)N(C)C2CCN(C(=O)OC(C)(C)C)CC2)ccc1Cl. The second kappa shape index (κ2) is 9.03. The van der Waals surface area contributed by atoms with E-state index < -0.39 is 11.7 Å². The lowest BCUT2D eigenvalue weighted by molar-refractivity contribution is -0.139. The summed E-state index contributed by atoms with van der Waals surface area (Å²) < 4.78 is 11.2. The van der Waals surface area contributed by atoms with E-state index in [0.717, 1.165) is 5.56 Å². The molecule has 1 aromatic rings. The van der Waals surface area contributed by atoms with E-state index in [4.69, 9.17) is 21.1 Å². The predicted molar refractivity (Wildman–Crippen MR) is 110 cm³/mol. The van der Waals surface area contributed by atoms with E-state index in [1.165, 1.54) is 0 Å². The zero-order valence-electron chi connectivity index (χ0n) is 17.6. The number of carbonyl (C=O) groups excluding carboxylic acids is 2. The summed E-state index contributed by atoms with van der Waals surface area (Å²) in [5, 5.41) is 0.667. The van der Waals surface area contributed by atoms with E-state index in [-0.39, 0.29) is 18.0 Å². The van der Waals surface area contributed by atoms with Crippen LogP contribution < -0.4 is 4.74 Å². The lowest BCUT2D eigenvalue weighted by atomic mass is 10.0. The molecule has 0 spiro atoms. The first kappa shape index (κ1) is 22.3. The summed E-state index contributed by atoms with van der Waals surface area (Å²) in [7, 11) is 1.79. The Kier molecular flexibility index (Phi) is 7.21. The molecule has 2 amide bonds. The van der Waals surface area contributed by atoms with Gasteiger partial charge in [-0.2, -0.15) is 0 Å². The number of likely N-dealkylation sites (tertiary alicyclic amines) is 1. The standard InChI is InChI=1S/C21H31ClN2O4/c1-14-13-17(7-8-18(14)22)27-15(2)19(25)23(6)16-9-11-24(12-10-16)20(26)28-21(3,4)5/h7-8,13,15-16H,9-12H2,1-6H3. The van der Waals surface area contributed by atoms with E-state index in [1.54, 1.807) is 35.9 Å². The number of likely N-dealkylation sites (N-methyl/N-ethyl adjacent to an activating group) is 1. The molecule has 28 heavy (non-hydrogen) atoms. The van der Waals surface area contributed by atoms with Crippen molar-refractivity contribution in [1.29, 1.82) is 0 Å². The van der Waals surface area contributed by atoms with Crippen molar-refractivity contribution in [2.45, 2.75) is 65.2 Å². The molecule has 0 aliphatic carbocycles. The monoisotopic (exact) mass is 410 g/mol. The molecule has 2 rings (SSSR count). The van der Waals surface area contributed by atoms with Gasteiger partial charge in [-0.25, -0.2) is 4.79 Å². The molecule has 1 fully saturated rings. The molecule has 156 valence electrons. The van der Waals surface area contributed by atoms with Gasteiger partial charge in [-0.15, -0.1) is 0 Å². The lowest BCUT2D eigenvalue weighted by Gasteiger charge is -2.38. The summed E-state index contributed by atoms with van der Waals surface area (Å²) >= 11 is 6.03. The number of hydrogen-bond acceptors (Lipinski definition) is 4. The van der Waals surface area contributed by atoms with Crippen LogP contribution >= 0.6 is 11.6 Å². The van der Waals surface area contributed by atoms with Crippen LogP contribution in [0.4, 0.5) is 4.79 Å². The third-order valence-corrected chi connectivity index (χ3v) is 5.23. The smallest absolute Gasteiger partial charge is 0.410 e. The minimum atomic E-state index is -0.602. The number of aryl methyl sites for hydroxylation is 1. The summed E-state index contributed by atoms with van der Waals surface area (Å²) in [6.45, 7) is 10.4. The molecule has 1 atom stereocenters. The molecule has 6 nitrogen and oxygen atoms in total. The highest BCUT2D eigenvalue weighted by Gasteiger charge is 2.31. The Morgan fingerprint density at radius 1 is 1.25 bits per heavy atom. The number of carbonyl (C=O) groups is 2. The van der Waals surface area contributed by atoms with E-state index in [1.807, 2.05) is 33.8 Å². The molecule has 1 saturated heterocycles. The number of ether oxygens (including phenoxy) is 2. The van der Waals surface area contributed by atoms with Crippen LogP contribution in [0.3, 0.4) is 0 Å².